The maximum Gasteiger partial charge on any atom is 0.306 e. The lowest BCUT2D eigenvalue weighted by Crippen LogP contribution is -2.47. The lowest BCUT2D eigenvalue weighted by Gasteiger charge is -2.30. The molecule has 0 aromatic rings. The number of nitrogens with zero attached hydrogens (tertiary/aromatic N) is 1. The first-order chi connectivity index (χ1) is 32.9. The van der Waals surface area contributed by atoms with Gasteiger partial charge in [-0.05, 0) is 96.0 Å². The number of rotatable bonds is 50. The monoisotopic (exact) mass is 975 g/mol. The van der Waals surface area contributed by atoms with Crippen LogP contribution in [0.3, 0.4) is 0 Å². The number of amides is 1. The normalized spacial score (nSPS) is 14.3. The molecule has 0 aliphatic rings. The standard InChI is InChI=1S/C58H107N2O7P/c1-7-10-13-16-19-22-25-28-29-30-31-33-35-38-41-44-47-50-57(61)59-55(54-66-68(63,64)65-53-52-60(4,5)6)56(49-46-43-40-37-34-27-24-21-18-15-12-9-3)67-58(62)51-48-45-42-39-36-32-26-23-20-17-14-11-8-2/h19,22,28-29,31-33,36,46,49,55-56H,7-18,20-21,23-27,30,34-35,37-45,47-48,50-54H2,1-6H3,(H-,59,61,63,64)/b22-19-,29-28-,33-31-,36-32-,49-46-. The Morgan fingerprint density at radius 2 is 0.897 bits per heavy atom. The highest BCUT2D eigenvalue weighted by molar-refractivity contribution is 7.45. The van der Waals surface area contributed by atoms with Crippen molar-refractivity contribution in [2.24, 2.45) is 0 Å². The van der Waals surface area contributed by atoms with E-state index >= 15 is 0 Å². The minimum absolute atomic E-state index is 0.0304. The summed E-state index contributed by atoms with van der Waals surface area (Å²) >= 11 is 0. The number of phosphoric acid groups is 1. The van der Waals surface area contributed by atoms with E-state index in [-0.39, 0.29) is 31.3 Å². The van der Waals surface area contributed by atoms with E-state index in [0.29, 0.717) is 23.9 Å². The van der Waals surface area contributed by atoms with E-state index in [4.69, 9.17) is 13.8 Å². The van der Waals surface area contributed by atoms with Gasteiger partial charge in [0, 0.05) is 12.8 Å². The van der Waals surface area contributed by atoms with Crippen LogP contribution in [0.5, 0.6) is 0 Å². The minimum Gasteiger partial charge on any atom is -0.756 e. The minimum atomic E-state index is -4.70. The number of ether oxygens (including phenoxy) is 1. The van der Waals surface area contributed by atoms with Crippen LogP contribution in [0.25, 0.3) is 0 Å². The lowest BCUT2D eigenvalue weighted by molar-refractivity contribution is -0.870. The first kappa shape index (κ1) is 65.7. The topological polar surface area (TPSA) is 114 Å². The van der Waals surface area contributed by atoms with Crippen LogP contribution in [0.2, 0.25) is 0 Å². The summed E-state index contributed by atoms with van der Waals surface area (Å²) in [7, 11) is 1.16. The van der Waals surface area contributed by atoms with Gasteiger partial charge in [-0.2, -0.15) is 0 Å². The summed E-state index contributed by atoms with van der Waals surface area (Å²) in [5.41, 5.74) is 0. The molecule has 0 radical (unpaired) electrons. The fourth-order valence-corrected chi connectivity index (χ4v) is 8.48. The van der Waals surface area contributed by atoms with Gasteiger partial charge in [-0.1, -0.05) is 197 Å². The molecule has 0 saturated heterocycles. The second kappa shape index (κ2) is 48.3. The second-order valence-electron chi connectivity index (χ2n) is 20.1. The Morgan fingerprint density at radius 1 is 0.515 bits per heavy atom. The van der Waals surface area contributed by atoms with Crippen molar-refractivity contribution in [3.63, 3.8) is 0 Å². The summed E-state index contributed by atoms with van der Waals surface area (Å²) in [6, 6.07) is -0.905. The summed E-state index contributed by atoms with van der Waals surface area (Å²) in [5.74, 6) is -0.585. The van der Waals surface area contributed by atoms with Crippen molar-refractivity contribution < 1.29 is 37.3 Å². The van der Waals surface area contributed by atoms with E-state index < -0.39 is 26.6 Å². The first-order valence-corrected chi connectivity index (χ1v) is 29.6. The van der Waals surface area contributed by atoms with Gasteiger partial charge in [0.15, 0.2) is 0 Å². The van der Waals surface area contributed by atoms with Crippen molar-refractivity contribution in [3.05, 3.63) is 60.8 Å². The molecule has 3 unspecified atom stereocenters. The highest BCUT2D eigenvalue weighted by Crippen LogP contribution is 2.38. The molecule has 10 heteroatoms. The number of allylic oxidation sites excluding steroid dienone is 9. The largest absolute Gasteiger partial charge is 0.756 e. The number of carbonyl (C=O) groups is 2. The summed E-state index contributed by atoms with van der Waals surface area (Å²) in [6.07, 6.45) is 58.9. The van der Waals surface area contributed by atoms with Crippen LogP contribution in [0.1, 0.15) is 245 Å². The molecule has 3 atom stereocenters. The van der Waals surface area contributed by atoms with Crippen LogP contribution < -0.4 is 10.2 Å². The summed E-state index contributed by atoms with van der Waals surface area (Å²) < 4.78 is 30.2. The fraction of sp³-hybridized carbons (Fsp3) is 0.793. The van der Waals surface area contributed by atoms with Gasteiger partial charge in [0.1, 0.15) is 19.3 Å². The predicted octanol–water partition coefficient (Wildman–Crippen LogP) is 16.1. The number of carbonyl (C=O) groups excluding carboxylic acids is 2. The zero-order valence-electron chi connectivity index (χ0n) is 45.1. The number of unbranched alkanes of at least 4 members (excludes halogenated alkanes) is 26. The van der Waals surface area contributed by atoms with Gasteiger partial charge >= 0.3 is 5.97 Å². The number of hydrogen-bond acceptors (Lipinski definition) is 7. The number of likely N-dealkylation sites (N-methyl/N-ethyl adjacent to an activating group) is 1. The van der Waals surface area contributed by atoms with Gasteiger partial charge in [0.2, 0.25) is 5.91 Å². The molecule has 0 aromatic heterocycles. The zero-order valence-corrected chi connectivity index (χ0v) is 45.9. The molecule has 396 valence electrons. The Bertz CT molecular complexity index is 1350. The third-order valence-corrected chi connectivity index (χ3v) is 13.1. The maximum absolute atomic E-state index is 13.5. The molecular formula is C58H107N2O7P. The van der Waals surface area contributed by atoms with Crippen LogP contribution >= 0.6 is 7.82 Å². The summed E-state index contributed by atoms with van der Waals surface area (Å²) in [4.78, 5) is 39.8. The molecule has 0 rings (SSSR count). The third kappa shape index (κ3) is 48.7. The molecule has 0 saturated carbocycles. The molecule has 0 bridgehead atoms. The van der Waals surface area contributed by atoms with Crippen molar-refractivity contribution in [2.45, 2.75) is 258 Å². The smallest absolute Gasteiger partial charge is 0.306 e. The zero-order chi connectivity index (χ0) is 50.1. The molecule has 0 aliphatic heterocycles. The third-order valence-electron chi connectivity index (χ3n) is 12.2. The molecule has 1 N–H and O–H groups in total. The van der Waals surface area contributed by atoms with Crippen molar-refractivity contribution in [3.8, 4) is 0 Å². The Kier molecular flexibility index (Phi) is 46.7. The quantitative estimate of drug-likeness (QED) is 0.0212. The lowest BCUT2D eigenvalue weighted by atomic mass is 10.0. The number of nitrogens with one attached hydrogen (secondary N) is 1. The molecule has 0 heterocycles. The molecule has 0 aromatic carbocycles. The van der Waals surface area contributed by atoms with Gasteiger partial charge in [0.05, 0.1) is 33.8 Å². The average molecular weight is 975 g/mol. The van der Waals surface area contributed by atoms with E-state index in [1.165, 1.54) is 116 Å². The number of hydrogen-bond donors (Lipinski definition) is 1. The highest BCUT2D eigenvalue weighted by Gasteiger charge is 2.27. The molecule has 9 nitrogen and oxygen atoms in total. The van der Waals surface area contributed by atoms with E-state index in [9.17, 15) is 19.0 Å². The Hall–Kier alpha value is -2.29. The maximum atomic E-state index is 13.5. The number of esters is 1. The predicted molar refractivity (Wildman–Crippen MR) is 289 cm³/mol. The van der Waals surface area contributed by atoms with Crippen LogP contribution in [-0.4, -0.2) is 69.4 Å². The second-order valence-corrected chi connectivity index (χ2v) is 21.5. The molecule has 0 aliphatic carbocycles. The van der Waals surface area contributed by atoms with Gasteiger partial charge in [-0.15, -0.1) is 0 Å². The molecule has 0 spiro atoms. The Balaban J connectivity index is 5.43. The SMILES string of the molecule is CCCCC/C=C\C/C=C\C/C=C\CCCCCCC(=O)NC(COP(=O)([O-])OCC[N+](C)(C)C)C(/C=C\CCCCCCCCCCCC)OC(=O)CCCCC/C=C\CCCCCCCC. The molecule has 0 fully saturated rings. The summed E-state index contributed by atoms with van der Waals surface area (Å²) in [6.45, 7) is 6.77. The van der Waals surface area contributed by atoms with Gasteiger partial charge in [0.25, 0.3) is 7.82 Å². The number of quaternary nitrogens is 1. The van der Waals surface area contributed by atoms with Gasteiger partial charge in [-0.25, -0.2) is 0 Å². The van der Waals surface area contributed by atoms with Crippen LogP contribution in [0, 0.1) is 0 Å². The van der Waals surface area contributed by atoms with E-state index in [0.717, 1.165) is 83.5 Å². The van der Waals surface area contributed by atoms with Gasteiger partial charge in [-0.3, -0.25) is 14.2 Å². The van der Waals surface area contributed by atoms with Crippen LogP contribution in [0.15, 0.2) is 60.8 Å². The van der Waals surface area contributed by atoms with E-state index in [1.807, 2.05) is 33.3 Å². The van der Waals surface area contributed by atoms with Crippen LogP contribution in [0.4, 0.5) is 0 Å². The Morgan fingerprint density at radius 3 is 1.40 bits per heavy atom. The molecule has 1 amide bonds. The molecular weight excluding hydrogens is 868 g/mol. The van der Waals surface area contributed by atoms with Crippen LogP contribution in [-0.2, 0) is 27.9 Å². The van der Waals surface area contributed by atoms with Crippen molar-refractivity contribution in [1.82, 2.24) is 5.32 Å². The summed E-state index contributed by atoms with van der Waals surface area (Å²) in [5, 5.41) is 3.00. The number of phosphoric ester groups is 1. The van der Waals surface area contributed by atoms with Crippen molar-refractivity contribution in [2.75, 3.05) is 40.9 Å². The van der Waals surface area contributed by atoms with Gasteiger partial charge < -0.3 is 28.5 Å². The first-order valence-electron chi connectivity index (χ1n) is 28.1. The van der Waals surface area contributed by atoms with E-state index in [1.54, 1.807) is 0 Å². The molecule has 68 heavy (non-hydrogen) atoms. The highest BCUT2D eigenvalue weighted by atomic mass is 31.2. The fourth-order valence-electron chi connectivity index (χ4n) is 7.76. The van der Waals surface area contributed by atoms with E-state index in [2.05, 4.69) is 74.7 Å². The van der Waals surface area contributed by atoms with Crippen molar-refractivity contribution >= 4 is 19.7 Å². The van der Waals surface area contributed by atoms with Crippen molar-refractivity contribution in [1.29, 1.82) is 0 Å². The average Bonchev–Trinajstić information content (AvgIpc) is 3.29. The Labute approximate surface area is 420 Å².